The molecule has 0 saturated heterocycles. The fourth-order valence-corrected chi connectivity index (χ4v) is 3.90. The Labute approximate surface area is 203 Å². The predicted molar refractivity (Wildman–Crippen MR) is 135 cm³/mol. The molecule has 7 nitrogen and oxygen atoms in total. The molecule has 178 valence electrons. The van der Waals surface area contributed by atoms with Gasteiger partial charge in [-0.05, 0) is 49.6 Å². The van der Waals surface area contributed by atoms with Gasteiger partial charge in [-0.1, -0.05) is 66.7 Å². The van der Waals surface area contributed by atoms with Gasteiger partial charge < -0.3 is 10.1 Å². The zero-order chi connectivity index (χ0) is 24.9. The van der Waals surface area contributed by atoms with Gasteiger partial charge in [0.15, 0.2) is 6.10 Å². The Balaban J connectivity index is 1.50. The Morgan fingerprint density at radius 2 is 1.51 bits per heavy atom. The smallest absolute Gasteiger partial charge is 0.339 e. The highest BCUT2D eigenvalue weighted by atomic mass is 16.5. The maximum Gasteiger partial charge on any atom is 0.339 e. The van der Waals surface area contributed by atoms with E-state index in [1.165, 1.54) is 11.6 Å². The van der Waals surface area contributed by atoms with Crippen molar-refractivity contribution in [3.05, 3.63) is 118 Å². The summed E-state index contributed by atoms with van der Waals surface area (Å²) in [5.74, 6) is -1.17. The molecule has 7 heteroatoms. The van der Waals surface area contributed by atoms with Crippen molar-refractivity contribution in [2.45, 2.75) is 26.4 Å². The minimum absolute atomic E-state index is 0.147. The van der Waals surface area contributed by atoms with E-state index in [9.17, 15) is 14.4 Å². The molecule has 0 fully saturated rings. The number of carbonyl (C=O) groups is 2. The number of hydrogen-bond acceptors (Lipinski definition) is 4. The van der Waals surface area contributed by atoms with Crippen molar-refractivity contribution < 1.29 is 14.3 Å². The molecule has 1 aromatic heterocycles. The molecular weight excluding hydrogens is 442 g/mol. The van der Waals surface area contributed by atoms with Crippen molar-refractivity contribution in [2.24, 2.45) is 7.05 Å². The highest BCUT2D eigenvalue weighted by Gasteiger charge is 2.24. The van der Waals surface area contributed by atoms with Gasteiger partial charge in [-0.2, -0.15) is 0 Å². The maximum atomic E-state index is 13.1. The first kappa shape index (κ1) is 23.8. The SMILES string of the molecule is Cc1c(NC(=O)C(C)OC(=O)c2ccccc2Cc2ccccc2)c(=O)n(-c2ccccc2)n1C. The lowest BCUT2D eigenvalue weighted by molar-refractivity contribution is -0.123. The van der Waals surface area contributed by atoms with Crippen LogP contribution in [-0.2, 0) is 23.0 Å². The molecule has 0 aliphatic rings. The van der Waals surface area contributed by atoms with E-state index in [0.29, 0.717) is 23.4 Å². The van der Waals surface area contributed by atoms with Gasteiger partial charge in [0.2, 0.25) is 0 Å². The number of carbonyl (C=O) groups excluding carboxylic acids is 2. The minimum Gasteiger partial charge on any atom is -0.449 e. The number of amides is 1. The number of para-hydroxylation sites is 1. The predicted octanol–water partition coefficient (Wildman–Crippen LogP) is 4.26. The van der Waals surface area contributed by atoms with Crippen LogP contribution in [0.25, 0.3) is 5.69 Å². The van der Waals surface area contributed by atoms with Crippen molar-refractivity contribution in [3.8, 4) is 5.69 Å². The topological polar surface area (TPSA) is 82.3 Å². The van der Waals surface area contributed by atoms with E-state index < -0.39 is 18.0 Å². The standard InChI is InChI=1S/C28H27N3O4/c1-19-25(27(33)31(30(19)3)23-15-8-5-9-16-23)29-26(32)20(2)35-28(34)24-17-11-10-14-22(24)18-21-12-6-4-7-13-21/h4-17,20H,18H2,1-3H3,(H,29,32). The van der Waals surface area contributed by atoms with Crippen molar-refractivity contribution in [2.75, 3.05) is 5.32 Å². The zero-order valence-electron chi connectivity index (χ0n) is 19.9. The van der Waals surface area contributed by atoms with Crippen LogP contribution in [0.4, 0.5) is 5.69 Å². The van der Waals surface area contributed by atoms with Crippen LogP contribution >= 0.6 is 0 Å². The van der Waals surface area contributed by atoms with E-state index in [1.54, 1.807) is 30.8 Å². The number of aromatic nitrogens is 2. The van der Waals surface area contributed by atoms with Gasteiger partial charge >= 0.3 is 5.97 Å². The third-order valence-corrected chi connectivity index (χ3v) is 5.93. The minimum atomic E-state index is -1.10. The summed E-state index contributed by atoms with van der Waals surface area (Å²) >= 11 is 0. The third-order valence-electron chi connectivity index (χ3n) is 5.93. The molecule has 1 atom stereocenters. The molecule has 1 amide bonds. The van der Waals surface area contributed by atoms with E-state index in [4.69, 9.17) is 4.74 Å². The molecular formula is C28H27N3O4. The highest BCUT2D eigenvalue weighted by Crippen LogP contribution is 2.18. The maximum absolute atomic E-state index is 13.1. The molecule has 0 aliphatic heterocycles. The fourth-order valence-electron chi connectivity index (χ4n) is 3.90. The van der Waals surface area contributed by atoms with Crippen molar-refractivity contribution >= 4 is 17.6 Å². The molecule has 3 aromatic carbocycles. The molecule has 0 radical (unpaired) electrons. The summed E-state index contributed by atoms with van der Waals surface area (Å²) in [7, 11) is 1.74. The second-order valence-corrected chi connectivity index (χ2v) is 8.29. The number of hydrogen-bond donors (Lipinski definition) is 1. The number of benzene rings is 3. The summed E-state index contributed by atoms with van der Waals surface area (Å²) in [6.45, 7) is 3.23. The summed E-state index contributed by atoms with van der Waals surface area (Å²) in [6.07, 6.45) is -0.536. The second-order valence-electron chi connectivity index (χ2n) is 8.29. The van der Waals surface area contributed by atoms with E-state index in [-0.39, 0.29) is 11.2 Å². The number of rotatable bonds is 7. The van der Waals surface area contributed by atoms with Crippen molar-refractivity contribution in [3.63, 3.8) is 0 Å². The van der Waals surface area contributed by atoms with Crippen molar-refractivity contribution in [1.82, 2.24) is 9.36 Å². The lowest BCUT2D eigenvalue weighted by Crippen LogP contribution is -2.32. The van der Waals surface area contributed by atoms with Gasteiger partial charge in [0.05, 0.1) is 16.9 Å². The van der Waals surface area contributed by atoms with Crippen LogP contribution in [-0.4, -0.2) is 27.3 Å². The molecule has 0 saturated carbocycles. The Kier molecular flexibility index (Phi) is 6.96. The van der Waals surface area contributed by atoms with Gasteiger partial charge in [0.1, 0.15) is 5.69 Å². The van der Waals surface area contributed by atoms with E-state index in [0.717, 1.165) is 11.1 Å². The first-order valence-electron chi connectivity index (χ1n) is 11.3. The van der Waals surface area contributed by atoms with E-state index in [1.807, 2.05) is 72.8 Å². The van der Waals surface area contributed by atoms with Crippen LogP contribution in [0, 0.1) is 6.92 Å². The quantitative estimate of drug-likeness (QED) is 0.410. The molecule has 0 spiro atoms. The van der Waals surface area contributed by atoms with E-state index >= 15 is 0 Å². The summed E-state index contributed by atoms with van der Waals surface area (Å²) < 4.78 is 8.63. The van der Waals surface area contributed by atoms with Gasteiger partial charge in [-0.25, -0.2) is 9.48 Å². The monoisotopic (exact) mass is 469 g/mol. The largest absolute Gasteiger partial charge is 0.449 e. The molecule has 4 aromatic rings. The summed E-state index contributed by atoms with van der Waals surface area (Å²) in [5, 5.41) is 2.65. The Bertz CT molecular complexity index is 1410. The number of nitrogens with zero attached hydrogens (tertiary/aromatic N) is 2. The van der Waals surface area contributed by atoms with Crippen LogP contribution in [0.3, 0.4) is 0 Å². The summed E-state index contributed by atoms with van der Waals surface area (Å²) in [4.78, 5) is 38.8. The van der Waals surface area contributed by atoms with Crippen LogP contribution in [0.2, 0.25) is 0 Å². The molecule has 1 heterocycles. The number of esters is 1. The molecule has 0 aliphatic carbocycles. The average molecular weight is 470 g/mol. The lowest BCUT2D eigenvalue weighted by Gasteiger charge is -2.15. The van der Waals surface area contributed by atoms with Gasteiger partial charge in [-0.3, -0.25) is 14.3 Å². The van der Waals surface area contributed by atoms with Crippen LogP contribution < -0.4 is 10.9 Å². The van der Waals surface area contributed by atoms with Gasteiger partial charge in [0.25, 0.3) is 11.5 Å². The van der Waals surface area contributed by atoms with Gasteiger partial charge in [-0.15, -0.1) is 0 Å². The van der Waals surface area contributed by atoms with Crippen LogP contribution in [0.5, 0.6) is 0 Å². The van der Waals surface area contributed by atoms with Crippen LogP contribution in [0.15, 0.2) is 89.7 Å². The Morgan fingerprint density at radius 3 is 2.20 bits per heavy atom. The van der Waals surface area contributed by atoms with Gasteiger partial charge in [0, 0.05) is 7.05 Å². The number of nitrogens with one attached hydrogen (secondary N) is 1. The average Bonchev–Trinajstić information content (AvgIpc) is 3.08. The first-order valence-corrected chi connectivity index (χ1v) is 11.3. The summed E-state index contributed by atoms with van der Waals surface area (Å²) in [5.41, 5.74) is 3.31. The molecule has 1 unspecified atom stereocenters. The highest BCUT2D eigenvalue weighted by molar-refractivity contribution is 5.98. The van der Waals surface area contributed by atoms with E-state index in [2.05, 4.69) is 5.32 Å². The molecule has 1 N–H and O–H groups in total. The normalized spacial score (nSPS) is 11.6. The number of anilines is 1. The zero-order valence-corrected chi connectivity index (χ0v) is 19.9. The lowest BCUT2D eigenvalue weighted by atomic mass is 10.00. The first-order chi connectivity index (χ1) is 16.9. The molecule has 35 heavy (non-hydrogen) atoms. The van der Waals surface area contributed by atoms with Crippen molar-refractivity contribution in [1.29, 1.82) is 0 Å². The Hall–Kier alpha value is -4.39. The molecule has 0 bridgehead atoms. The third kappa shape index (κ3) is 5.09. The number of ether oxygens (including phenoxy) is 1. The summed E-state index contributed by atoms with van der Waals surface area (Å²) in [6, 6.07) is 26.1. The van der Waals surface area contributed by atoms with Crippen LogP contribution in [0.1, 0.15) is 34.1 Å². The Morgan fingerprint density at radius 1 is 0.914 bits per heavy atom. The fraction of sp³-hybridized carbons (Fsp3) is 0.179. The second kappa shape index (κ2) is 10.3. The molecule has 4 rings (SSSR count).